The molecule has 4 fully saturated rings. The maximum absolute atomic E-state index is 13.1. The van der Waals surface area contributed by atoms with Crippen molar-refractivity contribution in [2.24, 2.45) is 23.2 Å². The van der Waals surface area contributed by atoms with Crippen LogP contribution in [0.2, 0.25) is 5.82 Å². The van der Waals surface area contributed by atoms with Crippen molar-refractivity contribution in [3.8, 4) is 0 Å². The highest BCUT2D eigenvalue weighted by atomic mass is 19.1. The number of halogens is 1. The molecular weight excluding hydrogens is 382 g/mol. The van der Waals surface area contributed by atoms with Gasteiger partial charge in [0.15, 0.2) is 0 Å². The first-order chi connectivity index (χ1) is 13.9. The molecule has 0 aromatic heterocycles. The van der Waals surface area contributed by atoms with Crippen LogP contribution in [-0.2, 0) is 14.0 Å². The van der Waals surface area contributed by atoms with Gasteiger partial charge in [-0.1, -0.05) is 13.8 Å². The van der Waals surface area contributed by atoms with Crippen LogP contribution in [0.4, 0.5) is 4.39 Å². The number of hydrogen-bond acceptors (Lipinski definition) is 4. The molecule has 0 amide bonds. The Balaban J connectivity index is 1.43. The molecule has 4 aliphatic rings. The predicted molar refractivity (Wildman–Crippen MR) is 115 cm³/mol. The molecule has 1 aromatic rings. The first-order valence-corrected chi connectivity index (χ1v) is 11.2. The van der Waals surface area contributed by atoms with E-state index in [4.69, 9.17) is 14.0 Å². The summed E-state index contributed by atoms with van der Waals surface area (Å²) >= 11 is 0. The van der Waals surface area contributed by atoms with Gasteiger partial charge in [0.2, 0.25) is 0 Å². The number of esters is 1. The molecule has 2 bridgehead atoms. The molecule has 1 aliphatic heterocycles. The zero-order valence-corrected chi connectivity index (χ0v) is 19.0. The quantitative estimate of drug-likeness (QED) is 0.469. The number of carbonyl (C=O) groups excluding carboxylic acids is 1. The highest BCUT2D eigenvalue weighted by Crippen LogP contribution is 2.66. The van der Waals surface area contributed by atoms with E-state index in [1.807, 2.05) is 0 Å². The van der Waals surface area contributed by atoms with Crippen molar-refractivity contribution >= 4 is 13.1 Å². The Morgan fingerprint density at radius 2 is 1.67 bits per heavy atom. The van der Waals surface area contributed by atoms with E-state index in [1.165, 1.54) is 30.7 Å². The molecule has 3 aliphatic carbocycles. The molecule has 3 saturated carbocycles. The fourth-order valence-electron chi connectivity index (χ4n) is 5.73. The molecule has 30 heavy (non-hydrogen) atoms. The summed E-state index contributed by atoms with van der Waals surface area (Å²) in [5.74, 6) is 1.23. The molecule has 1 saturated heterocycles. The number of fused-ring (bicyclic) bond motifs is 2. The van der Waals surface area contributed by atoms with Crippen LogP contribution in [0, 0.1) is 29.0 Å². The van der Waals surface area contributed by atoms with Crippen LogP contribution >= 0.6 is 0 Å². The lowest BCUT2D eigenvalue weighted by Gasteiger charge is -2.63. The summed E-state index contributed by atoms with van der Waals surface area (Å²) in [5, 5.41) is 0. The summed E-state index contributed by atoms with van der Waals surface area (Å²) in [6, 6.07) is 5.49. The van der Waals surface area contributed by atoms with E-state index in [-0.39, 0.29) is 24.1 Å². The average molecular weight is 416 g/mol. The van der Waals surface area contributed by atoms with E-state index in [2.05, 4.69) is 41.5 Å². The number of ether oxygens (including phenoxy) is 1. The average Bonchev–Trinajstić information content (AvgIpc) is 2.89. The molecule has 1 aromatic carbocycles. The highest BCUT2D eigenvalue weighted by Gasteiger charge is 2.63. The first-order valence-electron chi connectivity index (χ1n) is 11.2. The minimum absolute atomic E-state index is 0.214. The van der Waals surface area contributed by atoms with Gasteiger partial charge in [-0.25, -0.2) is 9.18 Å². The second-order valence-corrected chi connectivity index (χ2v) is 11.0. The molecule has 0 radical (unpaired) electrons. The van der Waals surface area contributed by atoms with Crippen molar-refractivity contribution in [3.63, 3.8) is 0 Å². The summed E-state index contributed by atoms with van der Waals surface area (Å²) in [4.78, 5) is 12.3. The Morgan fingerprint density at radius 1 is 1.07 bits per heavy atom. The summed E-state index contributed by atoms with van der Waals surface area (Å²) in [6.45, 7) is 13.5. The van der Waals surface area contributed by atoms with Gasteiger partial charge in [-0.2, -0.15) is 0 Å². The van der Waals surface area contributed by atoms with Crippen molar-refractivity contribution < 1.29 is 23.2 Å². The third kappa shape index (κ3) is 3.60. The Labute approximate surface area is 180 Å². The second kappa shape index (κ2) is 7.34. The first kappa shape index (κ1) is 21.8. The number of benzene rings is 1. The van der Waals surface area contributed by atoms with Gasteiger partial charge in [0.1, 0.15) is 5.82 Å². The Kier molecular flexibility index (Phi) is 5.34. The normalized spacial score (nSPS) is 33.1. The van der Waals surface area contributed by atoms with Crippen molar-refractivity contribution in [3.05, 3.63) is 35.6 Å². The van der Waals surface area contributed by atoms with Crippen molar-refractivity contribution in [2.45, 2.75) is 77.8 Å². The molecule has 4 nitrogen and oxygen atoms in total. The molecule has 0 N–H and O–H groups in total. The van der Waals surface area contributed by atoms with E-state index in [0.717, 1.165) is 12.8 Å². The van der Waals surface area contributed by atoms with Crippen LogP contribution in [0.15, 0.2) is 24.3 Å². The van der Waals surface area contributed by atoms with Crippen LogP contribution < -0.4 is 0 Å². The molecule has 1 heterocycles. The van der Waals surface area contributed by atoms with Gasteiger partial charge in [-0.05, 0) is 100 Å². The van der Waals surface area contributed by atoms with Crippen LogP contribution in [0.25, 0.3) is 0 Å². The lowest BCUT2D eigenvalue weighted by atomic mass is 9.38. The highest BCUT2D eigenvalue weighted by molar-refractivity contribution is 6.47. The maximum Gasteiger partial charge on any atom is 0.461 e. The van der Waals surface area contributed by atoms with Gasteiger partial charge >= 0.3 is 13.1 Å². The van der Waals surface area contributed by atoms with E-state index < -0.39 is 5.97 Å². The zero-order valence-electron chi connectivity index (χ0n) is 19.0. The standard InChI is InChI=1S/C24H34BFO4/c1-22(2)16-13-19(22)18(11-12-28-21(27)15-7-9-17(26)10-8-15)20(14-16)25-29-23(3,4)24(5,6)30-25/h7-10,16,18-20H,11-14H2,1-6H3/t16-,18+,19+,20+/m1/s1. The molecule has 0 unspecified atom stereocenters. The number of hydrogen-bond donors (Lipinski definition) is 0. The summed E-state index contributed by atoms with van der Waals surface area (Å²) in [5.41, 5.74) is 0.0146. The van der Waals surface area contributed by atoms with Gasteiger partial charge in [-0.15, -0.1) is 0 Å². The Morgan fingerprint density at radius 3 is 2.23 bits per heavy atom. The Hall–Kier alpha value is -1.40. The minimum Gasteiger partial charge on any atom is -0.462 e. The predicted octanol–water partition coefficient (Wildman–Crippen LogP) is 5.52. The van der Waals surface area contributed by atoms with Gasteiger partial charge in [0.05, 0.1) is 23.4 Å². The van der Waals surface area contributed by atoms with Gasteiger partial charge < -0.3 is 14.0 Å². The van der Waals surface area contributed by atoms with E-state index >= 15 is 0 Å². The molecule has 164 valence electrons. The smallest absolute Gasteiger partial charge is 0.461 e. The van der Waals surface area contributed by atoms with Crippen LogP contribution in [0.1, 0.15) is 71.2 Å². The van der Waals surface area contributed by atoms with Crippen LogP contribution in [0.5, 0.6) is 0 Å². The molecule has 6 heteroatoms. The monoisotopic (exact) mass is 416 g/mol. The third-order valence-corrected chi connectivity index (χ3v) is 8.56. The second-order valence-electron chi connectivity index (χ2n) is 11.0. The van der Waals surface area contributed by atoms with E-state index in [9.17, 15) is 9.18 Å². The Bertz CT molecular complexity index is 788. The molecule has 5 rings (SSSR count). The van der Waals surface area contributed by atoms with Crippen LogP contribution in [-0.4, -0.2) is 30.9 Å². The topological polar surface area (TPSA) is 44.8 Å². The van der Waals surface area contributed by atoms with Gasteiger partial charge in [0.25, 0.3) is 0 Å². The summed E-state index contributed by atoms with van der Waals surface area (Å²) < 4.78 is 31.5. The molecular formula is C24H34BFO4. The van der Waals surface area contributed by atoms with Crippen LogP contribution in [0.3, 0.4) is 0 Å². The summed E-state index contributed by atoms with van der Waals surface area (Å²) in [6.07, 6.45) is 3.12. The number of rotatable bonds is 5. The van der Waals surface area contributed by atoms with E-state index in [0.29, 0.717) is 41.2 Å². The lowest BCUT2D eigenvalue weighted by molar-refractivity contribution is -0.113. The SMILES string of the molecule is CC1(C)[C@H]2C[C@H](B3OC(C)(C)C(C)(C)O3)[C@@H](CCOC(=O)c3ccc(F)cc3)[C@@H]1C2. The fraction of sp³-hybridized carbons (Fsp3) is 0.708. The summed E-state index contributed by atoms with van der Waals surface area (Å²) in [7, 11) is -0.214. The molecule has 0 spiro atoms. The fourth-order valence-corrected chi connectivity index (χ4v) is 5.73. The van der Waals surface area contributed by atoms with Gasteiger partial charge in [0, 0.05) is 0 Å². The third-order valence-electron chi connectivity index (χ3n) is 8.56. The zero-order chi connectivity index (χ0) is 21.9. The van der Waals surface area contributed by atoms with Crippen molar-refractivity contribution in [1.29, 1.82) is 0 Å². The van der Waals surface area contributed by atoms with Crippen molar-refractivity contribution in [2.75, 3.05) is 6.61 Å². The molecule has 4 atom stereocenters. The number of carbonyl (C=O) groups is 1. The van der Waals surface area contributed by atoms with E-state index in [1.54, 1.807) is 0 Å². The minimum atomic E-state index is -0.399. The largest absolute Gasteiger partial charge is 0.462 e. The van der Waals surface area contributed by atoms with Gasteiger partial charge in [-0.3, -0.25) is 0 Å². The lowest BCUT2D eigenvalue weighted by Crippen LogP contribution is -2.57. The van der Waals surface area contributed by atoms with Crippen molar-refractivity contribution in [1.82, 2.24) is 0 Å². The maximum atomic E-state index is 13.1.